The summed E-state index contributed by atoms with van der Waals surface area (Å²) in [6, 6.07) is 59.9. The maximum absolute atomic E-state index is 6.87. The molecule has 12 aromatic rings. The summed E-state index contributed by atoms with van der Waals surface area (Å²) in [5.41, 5.74) is 16.5. The van der Waals surface area contributed by atoms with Crippen LogP contribution in [0.2, 0.25) is 0 Å². The first-order valence-electron chi connectivity index (χ1n) is 20.2. The Morgan fingerprint density at radius 3 is 1.93 bits per heavy atom. The highest BCUT2D eigenvalue weighted by Crippen LogP contribution is 2.44. The van der Waals surface area contributed by atoms with E-state index in [9.17, 15) is 0 Å². The summed E-state index contributed by atoms with van der Waals surface area (Å²) in [6.45, 7) is 2.10. The first-order chi connectivity index (χ1) is 29.5. The first kappa shape index (κ1) is 34.1. The van der Waals surface area contributed by atoms with Gasteiger partial charge in [0.25, 0.3) is 0 Å². The summed E-state index contributed by atoms with van der Waals surface area (Å²) in [5, 5.41) is 10.8. The van der Waals surface area contributed by atoms with Crippen LogP contribution in [0.15, 0.2) is 199 Å². The van der Waals surface area contributed by atoms with Crippen LogP contribution in [0.4, 0.5) is 0 Å². The Kier molecular flexibility index (Phi) is 7.56. The minimum atomic E-state index is -0.316. The average molecular weight is 774 g/mol. The number of benzene rings is 9. The standard InChI is InChI=1S/C54H35N3O3/c1-31(56-54(37-24-23-32-11-2-3-12-33(32)27-37)57-53(55)36-25-26-40-39-15-6-7-20-45(39)58-48(40)30-36)38-16-9-22-47-50(38)43-19-8-18-42(52(43)60-47)41-17-10-21-46-51(41)44-28-34-13-4-5-14-35(34)29-49(44)59-46/h2-31H,1H3,(H2,55,56,57). The van der Waals surface area contributed by atoms with Gasteiger partial charge < -0.3 is 19.0 Å². The normalized spacial score (nSPS) is 13.3. The SMILES string of the molecule is CC(/N=C(\N=C(/N)c1ccc2c(c1)oc1ccccc12)c1ccc2ccccc2c1)c1cccc2oc3c(-c4cccc5oc6cc7ccccc7cc6c45)cccc3c12. The van der Waals surface area contributed by atoms with Crippen molar-refractivity contribution in [2.75, 3.05) is 0 Å². The predicted molar refractivity (Wildman–Crippen MR) is 247 cm³/mol. The van der Waals surface area contributed by atoms with E-state index < -0.39 is 0 Å². The fourth-order valence-corrected chi connectivity index (χ4v) is 8.98. The Morgan fingerprint density at radius 1 is 0.450 bits per heavy atom. The maximum Gasteiger partial charge on any atom is 0.157 e. The topological polar surface area (TPSA) is 90.2 Å². The largest absolute Gasteiger partial charge is 0.456 e. The highest BCUT2D eigenvalue weighted by Gasteiger charge is 2.21. The molecule has 0 amide bonds. The summed E-state index contributed by atoms with van der Waals surface area (Å²) >= 11 is 0. The minimum absolute atomic E-state index is 0.316. The predicted octanol–water partition coefficient (Wildman–Crippen LogP) is 14.3. The Balaban J connectivity index is 1.01. The number of hydrogen-bond acceptors (Lipinski definition) is 4. The third-order valence-corrected chi connectivity index (χ3v) is 11.9. The zero-order valence-corrected chi connectivity index (χ0v) is 32.5. The van der Waals surface area contributed by atoms with E-state index in [2.05, 4.69) is 116 Å². The second-order valence-electron chi connectivity index (χ2n) is 15.5. The van der Waals surface area contributed by atoms with Gasteiger partial charge in [-0.05, 0) is 88.1 Å². The lowest BCUT2D eigenvalue weighted by Crippen LogP contribution is -2.16. The molecule has 9 aromatic carbocycles. The maximum atomic E-state index is 6.87. The monoisotopic (exact) mass is 773 g/mol. The molecule has 0 aliphatic carbocycles. The molecule has 0 spiro atoms. The Morgan fingerprint density at radius 2 is 1.07 bits per heavy atom. The second kappa shape index (κ2) is 13.3. The summed E-state index contributed by atoms with van der Waals surface area (Å²) in [5.74, 6) is 0.883. The molecule has 0 aliphatic rings. The van der Waals surface area contributed by atoms with Gasteiger partial charge in [-0.1, -0.05) is 127 Å². The number of para-hydroxylation sites is 2. The van der Waals surface area contributed by atoms with E-state index in [1.54, 1.807) is 0 Å². The van der Waals surface area contributed by atoms with Crippen molar-refractivity contribution in [2.24, 2.45) is 15.7 Å². The van der Waals surface area contributed by atoms with Crippen LogP contribution in [0.25, 0.3) is 98.5 Å². The van der Waals surface area contributed by atoms with Crippen molar-refractivity contribution >= 4 is 99.0 Å². The third-order valence-electron chi connectivity index (χ3n) is 11.9. The van der Waals surface area contributed by atoms with Gasteiger partial charge in [-0.25, -0.2) is 4.99 Å². The Labute approximate surface area is 343 Å². The van der Waals surface area contributed by atoms with E-state index >= 15 is 0 Å². The van der Waals surface area contributed by atoms with Gasteiger partial charge in [0.15, 0.2) is 5.84 Å². The molecule has 6 heteroatoms. The average Bonchev–Trinajstić information content (AvgIpc) is 3.98. The van der Waals surface area contributed by atoms with Crippen molar-refractivity contribution in [1.29, 1.82) is 0 Å². The molecule has 3 heterocycles. The number of hydrogen-bond donors (Lipinski definition) is 1. The number of nitrogens with zero attached hydrogens (tertiary/aromatic N) is 2. The molecule has 12 rings (SSSR count). The molecule has 6 nitrogen and oxygen atoms in total. The van der Waals surface area contributed by atoms with Gasteiger partial charge in [-0.15, -0.1) is 0 Å². The van der Waals surface area contributed by atoms with E-state index in [1.165, 1.54) is 5.39 Å². The molecule has 0 radical (unpaired) electrons. The van der Waals surface area contributed by atoms with Gasteiger partial charge in [-0.2, -0.15) is 0 Å². The van der Waals surface area contributed by atoms with E-state index in [0.29, 0.717) is 11.7 Å². The zero-order chi connectivity index (χ0) is 39.9. The molecule has 0 aliphatic heterocycles. The van der Waals surface area contributed by atoms with Gasteiger partial charge in [0.2, 0.25) is 0 Å². The summed E-state index contributed by atoms with van der Waals surface area (Å²) < 4.78 is 19.5. The molecule has 3 aromatic heterocycles. The Hall–Kier alpha value is -7.96. The molecule has 2 N–H and O–H groups in total. The van der Waals surface area contributed by atoms with Crippen molar-refractivity contribution < 1.29 is 13.3 Å². The van der Waals surface area contributed by atoms with Crippen LogP contribution in [-0.4, -0.2) is 11.7 Å². The van der Waals surface area contributed by atoms with Crippen molar-refractivity contribution in [3.05, 3.63) is 193 Å². The quantitative estimate of drug-likeness (QED) is 0.139. The van der Waals surface area contributed by atoms with Gasteiger partial charge in [0.1, 0.15) is 39.3 Å². The number of nitrogens with two attached hydrogens (primary N) is 1. The van der Waals surface area contributed by atoms with Gasteiger partial charge in [0, 0.05) is 49.0 Å². The molecule has 0 bridgehead atoms. The van der Waals surface area contributed by atoms with Crippen LogP contribution in [0.5, 0.6) is 0 Å². The van der Waals surface area contributed by atoms with Crippen LogP contribution >= 0.6 is 0 Å². The number of amidine groups is 2. The van der Waals surface area contributed by atoms with Crippen LogP contribution < -0.4 is 5.73 Å². The second-order valence-corrected chi connectivity index (χ2v) is 15.5. The zero-order valence-electron chi connectivity index (χ0n) is 32.5. The number of furan rings is 3. The molecular weight excluding hydrogens is 739 g/mol. The molecule has 0 fully saturated rings. The Bertz CT molecular complexity index is 3770. The van der Waals surface area contributed by atoms with Crippen molar-refractivity contribution in [3.8, 4) is 11.1 Å². The summed E-state index contributed by atoms with van der Waals surface area (Å²) in [4.78, 5) is 10.4. The fraction of sp³-hybridized carbons (Fsp3) is 0.0370. The van der Waals surface area contributed by atoms with Crippen molar-refractivity contribution in [2.45, 2.75) is 13.0 Å². The molecule has 60 heavy (non-hydrogen) atoms. The van der Waals surface area contributed by atoms with Gasteiger partial charge >= 0.3 is 0 Å². The molecule has 0 saturated carbocycles. The van der Waals surface area contributed by atoms with Crippen LogP contribution in [0, 0.1) is 0 Å². The van der Waals surface area contributed by atoms with Crippen LogP contribution in [-0.2, 0) is 0 Å². The molecule has 1 unspecified atom stereocenters. The van der Waals surface area contributed by atoms with E-state index in [-0.39, 0.29) is 6.04 Å². The van der Waals surface area contributed by atoms with Crippen molar-refractivity contribution in [3.63, 3.8) is 0 Å². The summed E-state index contributed by atoms with van der Waals surface area (Å²) in [7, 11) is 0. The van der Waals surface area contributed by atoms with E-state index in [4.69, 9.17) is 29.0 Å². The number of rotatable bonds is 5. The lowest BCUT2D eigenvalue weighted by Gasteiger charge is -2.12. The minimum Gasteiger partial charge on any atom is -0.456 e. The van der Waals surface area contributed by atoms with E-state index in [0.717, 1.165) is 110 Å². The highest BCUT2D eigenvalue weighted by molar-refractivity contribution is 6.20. The van der Waals surface area contributed by atoms with Crippen LogP contribution in [0.1, 0.15) is 29.7 Å². The van der Waals surface area contributed by atoms with E-state index in [1.807, 2.05) is 66.7 Å². The lowest BCUT2D eigenvalue weighted by molar-refractivity contribution is 0.668. The fourth-order valence-electron chi connectivity index (χ4n) is 8.98. The lowest BCUT2D eigenvalue weighted by atomic mass is 9.95. The van der Waals surface area contributed by atoms with Crippen molar-refractivity contribution in [1.82, 2.24) is 0 Å². The number of fused-ring (bicyclic) bond motifs is 11. The van der Waals surface area contributed by atoms with Crippen LogP contribution in [0.3, 0.4) is 0 Å². The smallest absolute Gasteiger partial charge is 0.157 e. The molecule has 1 atom stereocenters. The first-order valence-corrected chi connectivity index (χ1v) is 20.2. The van der Waals surface area contributed by atoms with Gasteiger partial charge in [-0.3, -0.25) is 4.99 Å². The number of aliphatic imine (C=N–C) groups is 2. The third kappa shape index (κ3) is 5.42. The summed E-state index contributed by atoms with van der Waals surface area (Å²) in [6.07, 6.45) is 0. The molecule has 284 valence electrons. The molecular formula is C54H35N3O3. The van der Waals surface area contributed by atoms with Gasteiger partial charge in [0.05, 0.1) is 6.04 Å². The molecule has 0 saturated heterocycles. The highest BCUT2D eigenvalue weighted by atomic mass is 16.3.